The second kappa shape index (κ2) is 5.84. The van der Waals surface area contributed by atoms with E-state index in [0.29, 0.717) is 37.6 Å². The van der Waals surface area contributed by atoms with Crippen LogP contribution in [0.25, 0.3) is 0 Å². The zero-order valence-electron chi connectivity index (χ0n) is 10.8. The third kappa shape index (κ3) is 3.32. The molecule has 0 aliphatic carbocycles. The first-order chi connectivity index (χ1) is 9.08. The van der Waals surface area contributed by atoms with Gasteiger partial charge in [-0.15, -0.1) is 0 Å². The highest BCUT2D eigenvalue weighted by molar-refractivity contribution is 5.96. The van der Waals surface area contributed by atoms with Gasteiger partial charge in [-0.2, -0.15) is 0 Å². The molecule has 5 nitrogen and oxygen atoms in total. The molecule has 0 radical (unpaired) electrons. The van der Waals surface area contributed by atoms with Gasteiger partial charge in [0.25, 0.3) is 0 Å². The van der Waals surface area contributed by atoms with Crippen molar-refractivity contribution < 1.29 is 19.4 Å². The van der Waals surface area contributed by atoms with Gasteiger partial charge in [0.15, 0.2) is 5.78 Å². The van der Waals surface area contributed by atoms with Crippen LogP contribution in [-0.4, -0.2) is 48.0 Å². The number of carbonyl (C=O) groups is 2. The largest absolute Gasteiger partial charge is 0.491 e. The number of ether oxygens (including phenoxy) is 1. The minimum atomic E-state index is -0.737. The molecule has 1 fully saturated rings. The first kappa shape index (κ1) is 13.5. The maximum absolute atomic E-state index is 11.4. The van der Waals surface area contributed by atoms with Crippen LogP contribution in [0.15, 0.2) is 24.3 Å². The standard InChI is InChI=1S/C14H17NO4/c1-10(16)12-4-2-3-5-13(12)19-7-6-15-8-11(9-15)14(17)18/h2-5,11H,6-9H2,1H3,(H,17,18). The number of hydrogen-bond donors (Lipinski definition) is 1. The molecule has 1 heterocycles. The topological polar surface area (TPSA) is 66.8 Å². The Kier molecular flexibility index (Phi) is 4.16. The zero-order valence-corrected chi connectivity index (χ0v) is 10.8. The van der Waals surface area contributed by atoms with Crippen molar-refractivity contribution in [3.63, 3.8) is 0 Å². The summed E-state index contributed by atoms with van der Waals surface area (Å²) in [6.45, 7) is 3.79. The van der Waals surface area contributed by atoms with Crippen molar-refractivity contribution in [2.45, 2.75) is 6.92 Å². The molecule has 0 amide bonds. The molecule has 1 saturated heterocycles. The summed E-state index contributed by atoms with van der Waals surface area (Å²) in [5.74, 6) is -0.417. The van der Waals surface area contributed by atoms with Gasteiger partial charge in [0.1, 0.15) is 12.4 Å². The third-order valence-corrected chi connectivity index (χ3v) is 3.24. The van der Waals surface area contributed by atoms with E-state index in [1.807, 2.05) is 11.0 Å². The van der Waals surface area contributed by atoms with Gasteiger partial charge in [0.05, 0.1) is 11.5 Å². The summed E-state index contributed by atoms with van der Waals surface area (Å²) in [7, 11) is 0. The van der Waals surface area contributed by atoms with E-state index in [1.54, 1.807) is 18.2 Å². The Morgan fingerprint density at radius 3 is 2.68 bits per heavy atom. The Morgan fingerprint density at radius 1 is 1.37 bits per heavy atom. The van der Waals surface area contributed by atoms with Gasteiger partial charge in [-0.05, 0) is 19.1 Å². The fourth-order valence-corrected chi connectivity index (χ4v) is 2.08. The molecule has 1 N–H and O–H groups in total. The van der Waals surface area contributed by atoms with E-state index in [0.717, 1.165) is 0 Å². The van der Waals surface area contributed by atoms with Crippen LogP contribution < -0.4 is 4.74 Å². The van der Waals surface area contributed by atoms with Gasteiger partial charge in [-0.3, -0.25) is 14.5 Å². The molecule has 1 aliphatic heterocycles. The van der Waals surface area contributed by atoms with E-state index in [-0.39, 0.29) is 11.7 Å². The number of Topliss-reactive ketones (excluding diaryl/α,β-unsaturated/α-hetero) is 1. The summed E-state index contributed by atoms with van der Waals surface area (Å²) in [6.07, 6.45) is 0. The second-order valence-electron chi connectivity index (χ2n) is 4.70. The third-order valence-electron chi connectivity index (χ3n) is 3.24. The lowest BCUT2D eigenvalue weighted by molar-refractivity contribution is -0.147. The lowest BCUT2D eigenvalue weighted by atomic mass is 10.0. The molecule has 0 saturated carbocycles. The second-order valence-corrected chi connectivity index (χ2v) is 4.70. The highest BCUT2D eigenvalue weighted by Crippen LogP contribution is 2.19. The van der Waals surface area contributed by atoms with E-state index >= 15 is 0 Å². The number of para-hydroxylation sites is 1. The molecule has 19 heavy (non-hydrogen) atoms. The summed E-state index contributed by atoms with van der Waals surface area (Å²) in [5, 5.41) is 8.76. The van der Waals surface area contributed by atoms with Crippen LogP contribution in [0.2, 0.25) is 0 Å². The van der Waals surface area contributed by atoms with Crippen LogP contribution in [0.1, 0.15) is 17.3 Å². The summed E-state index contributed by atoms with van der Waals surface area (Å²) < 4.78 is 5.59. The number of rotatable bonds is 6. The highest BCUT2D eigenvalue weighted by atomic mass is 16.5. The van der Waals surface area contributed by atoms with Crippen molar-refractivity contribution in [2.75, 3.05) is 26.2 Å². The maximum atomic E-state index is 11.4. The molecule has 2 rings (SSSR count). The molecule has 0 atom stereocenters. The van der Waals surface area contributed by atoms with Crippen molar-refractivity contribution in [3.05, 3.63) is 29.8 Å². The number of carboxylic acids is 1. The highest BCUT2D eigenvalue weighted by Gasteiger charge is 2.31. The molecule has 5 heteroatoms. The molecule has 1 aromatic carbocycles. The van der Waals surface area contributed by atoms with Crippen molar-refractivity contribution in [3.8, 4) is 5.75 Å². The van der Waals surface area contributed by atoms with Crippen LogP contribution in [0.3, 0.4) is 0 Å². The van der Waals surface area contributed by atoms with E-state index in [1.165, 1.54) is 6.92 Å². The number of benzene rings is 1. The van der Waals surface area contributed by atoms with Gasteiger partial charge in [-0.1, -0.05) is 12.1 Å². The van der Waals surface area contributed by atoms with Crippen LogP contribution in [-0.2, 0) is 4.79 Å². The first-order valence-electron chi connectivity index (χ1n) is 6.26. The molecular formula is C14H17NO4. The fourth-order valence-electron chi connectivity index (χ4n) is 2.08. The van der Waals surface area contributed by atoms with Crippen LogP contribution in [0.4, 0.5) is 0 Å². The SMILES string of the molecule is CC(=O)c1ccccc1OCCN1CC(C(=O)O)C1. The quantitative estimate of drug-likeness (QED) is 0.783. The molecule has 1 aromatic rings. The van der Waals surface area contributed by atoms with Crippen molar-refractivity contribution in [1.82, 2.24) is 4.90 Å². The van der Waals surface area contributed by atoms with Gasteiger partial charge < -0.3 is 9.84 Å². The molecular weight excluding hydrogens is 246 g/mol. The van der Waals surface area contributed by atoms with E-state index in [9.17, 15) is 9.59 Å². The number of ketones is 1. The Hall–Kier alpha value is -1.88. The van der Waals surface area contributed by atoms with Gasteiger partial charge in [0, 0.05) is 19.6 Å². The lowest BCUT2D eigenvalue weighted by Crippen LogP contribution is -2.51. The van der Waals surface area contributed by atoms with Crippen LogP contribution in [0, 0.1) is 5.92 Å². The number of carboxylic acid groups (broad SMARTS) is 1. The Bertz CT molecular complexity index is 480. The number of hydrogen-bond acceptors (Lipinski definition) is 4. The minimum Gasteiger partial charge on any atom is -0.491 e. The zero-order chi connectivity index (χ0) is 13.8. The minimum absolute atomic E-state index is 0.0227. The fraction of sp³-hybridized carbons (Fsp3) is 0.429. The van der Waals surface area contributed by atoms with Gasteiger partial charge in [-0.25, -0.2) is 0 Å². The predicted octanol–water partition coefficient (Wildman–Crippen LogP) is 1.28. The summed E-state index contributed by atoms with van der Waals surface area (Å²) in [5.41, 5.74) is 0.578. The number of carbonyl (C=O) groups excluding carboxylic acids is 1. The van der Waals surface area contributed by atoms with E-state index in [2.05, 4.69) is 0 Å². The summed E-state index contributed by atoms with van der Waals surface area (Å²) >= 11 is 0. The number of nitrogens with zero attached hydrogens (tertiary/aromatic N) is 1. The Labute approximate surface area is 111 Å². The lowest BCUT2D eigenvalue weighted by Gasteiger charge is -2.36. The smallest absolute Gasteiger partial charge is 0.309 e. The Morgan fingerprint density at radius 2 is 2.05 bits per heavy atom. The van der Waals surface area contributed by atoms with Crippen molar-refractivity contribution in [1.29, 1.82) is 0 Å². The molecule has 0 unspecified atom stereocenters. The van der Waals surface area contributed by atoms with Crippen LogP contribution >= 0.6 is 0 Å². The summed E-state index contributed by atoms with van der Waals surface area (Å²) in [4.78, 5) is 24.1. The Balaban J connectivity index is 1.78. The molecule has 0 bridgehead atoms. The monoisotopic (exact) mass is 263 g/mol. The molecule has 0 spiro atoms. The molecule has 0 aromatic heterocycles. The molecule has 1 aliphatic rings. The van der Waals surface area contributed by atoms with Crippen molar-refractivity contribution >= 4 is 11.8 Å². The number of aliphatic carboxylic acids is 1. The normalized spacial score (nSPS) is 15.8. The van der Waals surface area contributed by atoms with Crippen LogP contribution in [0.5, 0.6) is 5.75 Å². The van der Waals surface area contributed by atoms with Gasteiger partial charge in [0.2, 0.25) is 0 Å². The average Bonchev–Trinajstić information content (AvgIpc) is 2.31. The van der Waals surface area contributed by atoms with Crippen molar-refractivity contribution in [2.24, 2.45) is 5.92 Å². The molecule has 102 valence electrons. The number of likely N-dealkylation sites (tertiary alicyclic amines) is 1. The average molecular weight is 263 g/mol. The predicted molar refractivity (Wildman–Crippen MR) is 69.5 cm³/mol. The van der Waals surface area contributed by atoms with E-state index in [4.69, 9.17) is 9.84 Å². The maximum Gasteiger partial charge on any atom is 0.309 e. The van der Waals surface area contributed by atoms with E-state index < -0.39 is 5.97 Å². The van der Waals surface area contributed by atoms with Gasteiger partial charge >= 0.3 is 5.97 Å². The summed E-state index contributed by atoms with van der Waals surface area (Å²) in [6, 6.07) is 7.14. The first-order valence-corrected chi connectivity index (χ1v) is 6.26.